The average Bonchev–Trinajstić information content (AvgIpc) is 2.05. The average molecular weight is 292 g/mol. The van der Waals surface area contributed by atoms with Crippen LogP contribution in [0.15, 0.2) is 0 Å². The third-order valence-electron chi connectivity index (χ3n) is 2.55. The molecule has 0 radical (unpaired) electrons. The van der Waals surface area contributed by atoms with E-state index in [-0.39, 0.29) is 11.2 Å². The predicted molar refractivity (Wildman–Crippen MR) is 82.8 cm³/mol. The van der Waals surface area contributed by atoms with Gasteiger partial charge in [0.25, 0.3) is 0 Å². The lowest BCUT2D eigenvalue weighted by atomic mass is 9.82. The molecule has 19 heavy (non-hydrogen) atoms. The molecule has 0 bridgehead atoms. The van der Waals surface area contributed by atoms with Gasteiger partial charge in [0.1, 0.15) is 0 Å². The highest BCUT2D eigenvalue weighted by Crippen LogP contribution is 2.27. The van der Waals surface area contributed by atoms with Crippen LogP contribution in [-0.4, -0.2) is 32.3 Å². The van der Waals surface area contributed by atoms with E-state index < -0.39 is 15.6 Å². The van der Waals surface area contributed by atoms with Crippen LogP contribution in [0, 0.1) is 5.41 Å². The normalized spacial score (nSPS) is 14.1. The number of rotatable bonds is 8. The summed E-state index contributed by atoms with van der Waals surface area (Å²) in [6.45, 7) is 15.1. The molecular weight excluding hydrogens is 260 g/mol. The van der Waals surface area contributed by atoms with Crippen LogP contribution < -0.4 is 10.0 Å². The van der Waals surface area contributed by atoms with Gasteiger partial charge in [0.15, 0.2) is 0 Å². The van der Waals surface area contributed by atoms with Gasteiger partial charge in [-0.25, -0.2) is 13.1 Å². The second-order valence-corrected chi connectivity index (χ2v) is 9.35. The first-order chi connectivity index (χ1) is 8.33. The Morgan fingerprint density at radius 1 is 1.05 bits per heavy atom. The zero-order chi connectivity index (χ0) is 15.3. The van der Waals surface area contributed by atoms with Crippen LogP contribution >= 0.6 is 0 Å². The van der Waals surface area contributed by atoms with Crippen molar-refractivity contribution < 1.29 is 8.42 Å². The number of hydrogen-bond acceptors (Lipinski definition) is 3. The molecule has 2 N–H and O–H groups in total. The summed E-state index contributed by atoms with van der Waals surface area (Å²) < 4.78 is 26.9. The summed E-state index contributed by atoms with van der Waals surface area (Å²) in [4.78, 5) is 0. The van der Waals surface area contributed by atoms with Crippen molar-refractivity contribution >= 4 is 10.0 Å². The summed E-state index contributed by atoms with van der Waals surface area (Å²) in [6.07, 6.45) is 1.45. The third kappa shape index (κ3) is 11.4. The predicted octanol–water partition coefficient (Wildman–Crippen LogP) is 2.51. The van der Waals surface area contributed by atoms with Crippen LogP contribution in [0.5, 0.6) is 0 Å². The van der Waals surface area contributed by atoms with Gasteiger partial charge in [0.2, 0.25) is 10.0 Å². The highest BCUT2D eigenvalue weighted by Gasteiger charge is 2.29. The van der Waals surface area contributed by atoms with Gasteiger partial charge >= 0.3 is 0 Å². The molecule has 0 unspecified atom stereocenters. The molecule has 0 atom stereocenters. The second-order valence-electron chi connectivity index (χ2n) is 7.50. The van der Waals surface area contributed by atoms with Crippen molar-refractivity contribution in [1.82, 2.24) is 10.0 Å². The first-order valence-corrected chi connectivity index (χ1v) is 8.73. The first kappa shape index (κ1) is 18.9. The SMILES string of the molecule is CC(C)NCCCS(=O)(=O)NC(C)(C)CC(C)(C)C. The maximum Gasteiger partial charge on any atom is 0.212 e. The second kappa shape index (κ2) is 7.04. The van der Waals surface area contributed by atoms with Crippen LogP contribution in [-0.2, 0) is 10.0 Å². The Balaban J connectivity index is 4.28. The van der Waals surface area contributed by atoms with Gasteiger partial charge in [-0.15, -0.1) is 0 Å². The molecule has 0 aromatic carbocycles. The summed E-state index contributed by atoms with van der Waals surface area (Å²) in [5.74, 6) is 0.181. The number of nitrogens with one attached hydrogen (secondary N) is 2. The fourth-order valence-electron chi connectivity index (χ4n) is 2.49. The Kier molecular flexibility index (Phi) is 7.00. The smallest absolute Gasteiger partial charge is 0.212 e. The zero-order valence-electron chi connectivity index (χ0n) is 13.6. The molecule has 0 aliphatic carbocycles. The van der Waals surface area contributed by atoms with Gasteiger partial charge in [-0.2, -0.15) is 0 Å². The highest BCUT2D eigenvalue weighted by molar-refractivity contribution is 7.89. The van der Waals surface area contributed by atoms with Gasteiger partial charge in [-0.1, -0.05) is 34.6 Å². The highest BCUT2D eigenvalue weighted by atomic mass is 32.2. The quantitative estimate of drug-likeness (QED) is 0.676. The Morgan fingerprint density at radius 3 is 2.00 bits per heavy atom. The van der Waals surface area contributed by atoms with Crippen molar-refractivity contribution in [3.05, 3.63) is 0 Å². The summed E-state index contributed by atoms with van der Waals surface area (Å²) >= 11 is 0. The van der Waals surface area contributed by atoms with Crippen LogP contribution in [0.1, 0.15) is 61.3 Å². The van der Waals surface area contributed by atoms with Crippen LogP contribution in [0.3, 0.4) is 0 Å². The topological polar surface area (TPSA) is 58.2 Å². The first-order valence-electron chi connectivity index (χ1n) is 7.08. The molecule has 0 amide bonds. The molecule has 0 saturated carbocycles. The maximum absolute atomic E-state index is 12.0. The van der Waals surface area contributed by atoms with E-state index in [9.17, 15) is 8.42 Å². The van der Waals surface area contributed by atoms with E-state index in [1.807, 2.05) is 13.8 Å². The molecule has 0 aromatic rings. The molecule has 0 aliphatic rings. The third-order valence-corrected chi connectivity index (χ3v) is 4.24. The van der Waals surface area contributed by atoms with Gasteiger partial charge in [0, 0.05) is 11.6 Å². The molecule has 0 aromatic heterocycles. The number of hydrogen-bond donors (Lipinski definition) is 2. The Bertz CT molecular complexity index is 354. The lowest BCUT2D eigenvalue weighted by Crippen LogP contribution is -2.46. The van der Waals surface area contributed by atoms with Crippen molar-refractivity contribution in [3.8, 4) is 0 Å². The Hall–Kier alpha value is -0.130. The van der Waals surface area contributed by atoms with Crippen molar-refractivity contribution in [2.45, 2.75) is 72.9 Å². The fraction of sp³-hybridized carbons (Fsp3) is 1.00. The Labute approximate surface area is 119 Å². The van der Waals surface area contributed by atoms with Gasteiger partial charge in [-0.3, -0.25) is 0 Å². The van der Waals surface area contributed by atoms with E-state index in [0.717, 1.165) is 13.0 Å². The molecule has 4 nitrogen and oxygen atoms in total. The summed E-state index contributed by atoms with van der Waals surface area (Å²) in [6, 6.07) is 0.396. The Morgan fingerprint density at radius 2 is 1.58 bits per heavy atom. The lowest BCUT2D eigenvalue weighted by molar-refractivity contribution is 0.269. The molecule has 116 valence electrons. The van der Waals surface area contributed by atoms with Crippen LogP contribution in [0.2, 0.25) is 0 Å². The van der Waals surface area contributed by atoms with Crippen molar-refractivity contribution in [2.75, 3.05) is 12.3 Å². The van der Waals surface area contributed by atoms with Crippen molar-refractivity contribution in [2.24, 2.45) is 5.41 Å². The minimum Gasteiger partial charge on any atom is -0.314 e. The van der Waals surface area contributed by atoms with Gasteiger partial charge < -0.3 is 5.32 Å². The molecule has 0 aliphatic heterocycles. The van der Waals surface area contributed by atoms with E-state index in [1.165, 1.54) is 0 Å². The largest absolute Gasteiger partial charge is 0.314 e. The fourth-order valence-corrected chi connectivity index (χ4v) is 4.03. The molecule has 5 heteroatoms. The molecule has 0 spiro atoms. The summed E-state index contributed by atoms with van der Waals surface area (Å²) in [7, 11) is -3.20. The van der Waals surface area contributed by atoms with E-state index >= 15 is 0 Å². The molecule has 0 saturated heterocycles. The van der Waals surface area contributed by atoms with Gasteiger partial charge in [0.05, 0.1) is 5.75 Å². The monoisotopic (exact) mass is 292 g/mol. The molecule has 0 heterocycles. The molecular formula is C14H32N2O2S. The maximum atomic E-state index is 12.0. The van der Waals surface area contributed by atoms with Crippen LogP contribution in [0.4, 0.5) is 0 Å². The van der Waals surface area contributed by atoms with Crippen molar-refractivity contribution in [1.29, 1.82) is 0 Å². The van der Waals surface area contributed by atoms with E-state index in [2.05, 4.69) is 44.7 Å². The minimum absolute atomic E-state index is 0.102. The zero-order valence-corrected chi connectivity index (χ0v) is 14.4. The number of sulfonamides is 1. The van der Waals surface area contributed by atoms with E-state index in [4.69, 9.17) is 0 Å². The summed E-state index contributed by atoms with van der Waals surface area (Å²) in [5, 5.41) is 3.23. The lowest BCUT2D eigenvalue weighted by Gasteiger charge is -2.33. The standard InChI is InChI=1S/C14H32N2O2S/c1-12(2)15-9-8-10-19(17,18)16-14(6,7)11-13(3,4)5/h12,15-16H,8-11H2,1-7H3. The summed E-state index contributed by atoms with van der Waals surface area (Å²) in [5.41, 5.74) is -0.298. The molecule has 0 fully saturated rings. The van der Waals surface area contributed by atoms with Gasteiger partial charge in [-0.05, 0) is 38.6 Å². The van der Waals surface area contributed by atoms with Crippen LogP contribution in [0.25, 0.3) is 0 Å². The van der Waals surface area contributed by atoms with Crippen molar-refractivity contribution in [3.63, 3.8) is 0 Å². The minimum atomic E-state index is -3.20. The van der Waals surface area contributed by atoms with E-state index in [1.54, 1.807) is 0 Å². The molecule has 0 rings (SSSR count). The van der Waals surface area contributed by atoms with E-state index in [0.29, 0.717) is 12.5 Å².